The lowest BCUT2D eigenvalue weighted by molar-refractivity contribution is -0.140. The van der Waals surface area contributed by atoms with Crippen molar-refractivity contribution in [2.24, 2.45) is 0 Å². The van der Waals surface area contributed by atoms with Crippen molar-refractivity contribution in [3.8, 4) is 5.75 Å². The van der Waals surface area contributed by atoms with Crippen molar-refractivity contribution in [1.29, 1.82) is 0 Å². The van der Waals surface area contributed by atoms with Crippen LogP contribution in [0, 0.1) is 0 Å². The number of ether oxygens (including phenoxy) is 1. The highest BCUT2D eigenvalue weighted by Gasteiger charge is 2.32. The van der Waals surface area contributed by atoms with Crippen LogP contribution in [0.4, 0.5) is 18.9 Å². The van der Waals surface area contributed by atoms with E-state index in [2.05, 4.69) is 10.3 Å². The number of methoxy groups -OCH3 is 1. The van der Waals surface area contributed by atoms with Crippen molar-refractivity contribution < 1.29 is 22.7 Å². The van der Waals surface area contributed by atoms with E-state index in [-0.39, 0.29) is 5.91 Å². The minimum atomic E-state index is -4.44. The predicted octanol–water partition coefficient (Wildman–Crippen LogP) is 4.45. The van der Waals surface area contributed by atoms with Crippen LogP contribution in [0.5, 0.6) is 5.75 Å². The second-order valence-electron chi connectivity index (χ2n) is 5.17. The van der Waals surface area contributed by atoms with Gasteiger partial charge in [0.25, 0.3) is 5.91 Å². The van der Waals surface area contributed by atoms with E-state index in [9.17, 15) is 18.0 Å². The number of H-pyrrole nitrogens is 1. The lowest BCUT2D eigenvalue weighted by Gasteiger charge is -2.06. The van der Waals surface area contributed by atoms with Crippen molar-refractivity contribution in [2.75, 3.05) is 12.4 Å². The molecular formula is C17H13F3N2O2. The molecule has 2 N–H and O–H groups in total. The number of nitrogens with one attached hydrogen (secondary N) is 2. The Morgan fingerprint density at radius 3 is 2.42 bits per heavy atom. The van der Waals surface area contributed by atoms with E-state index in [0.29, 0.717) is 27.9 Å². The summed E-state index contributed by atoms with van der Waals surface area (Å²) in [5.41, 5.74) is 0.359. The predicted molar refractivity (Wildman–Crippen MR) is 84.2 cm³/mol. The fourth-order valence-electron chi connectivity index (χ4n) is 2.31. The maximum absolute atomic E-state index is 12.7. The van der Waals surface area contributed by atoms with Gasteiger partial charge in [0.2, 0.25) is 0 Å². The third-order valence-corrected chi connectivity index (χ3v) is 3.54. The van der Waals surface area contributed by atoms with Crippen molar-refractivity contribution in [2.45, 2.75) is 6.18 Å². The van der Waals surface area contributed by atoms with Gasteiger partial charge in [0.15, 0.2) is 0 Å². The number of aromatic nitrogens is 1. The van der Waals surface area contributed by atoms with Gasteiger partial charge < -0.3 is 15.0 Å². The summed E-state index contributed by atoms with van der Waals surface area (Å²) in [6.07, 6.45) is -4.44. The first-order valence-electron chi connectivity index (χ1n) is 7.02. The Kier molecular flexibility index (Phi) is 3.92. The zero-order valence-corrected chi connectivity index (χ0v) is 12.6. The monoisotopic (exact) mass is 334 g/mol. The van der Waals surface area contributed by atoms with Gasteiger partial charge >= 0.3 is 6.18 Å². The fraction of sp³-hybridized carbons (Fsp3) is 0.118. The number of halogens is 3. The average Bonchev–Trinajstić information content (AvgIpc) is 2.98. The number of fused-ring (bicyclic) bond motifs is 1. The number of alkyl halides is 3. The van der Waals surface area contributed by atoms with E-state index in [1.807, 2.05) is 0 Å². The van der Waals surface area contributed by atoms with E-state index >= 15 is 0 Å². The van der Waals surface area contributed by atoms with Crippen LogP contribution in [0.2, 0.25) is 0 Å². The second-order valence-corrected chi connectivity index (χ2v) is 5.17. The molecular weight excluding hydrogens is 321 g/mol. The summed E-state index contributed by atoms with van der Waals surface area (Å²) in [4.78, 5) is 14.5. The first kappa shape index (κ1) is 15.9. The van der Waals surface area contributed by atoms with Crippen LogP contribution in [0.25, 0.3) is 10.9 Å². The summed E-state index contributed by atoms with van der Waals surface area (Å²) >= 11 is 0. The van der Waals surface area contributed by atoms with Gasteiger partial charge in [-0.05, 0) is 48.5 Å². The third-order valence-electron chi connectivity index (χ3n) is 3.54. The van der Waals surface area contributed by atoms with Crippen LogP contribution in [0.1, 0.15) is 16.1 Å². The SMILES string of the molecule is COc1ccc(C(=O)Nc2ccc3[nH]c(C(F)(F)F)cc3c2)cc1. The maximum Gasteiger partial charge on any atom is 0.431 e. The van der Waals surface area contributed by atoms with Gasteiger partial charge in [0.05, 0.1) is 7.11 Å². The van der Waals surface area contributed by atoms with E-state index < -0.39 is 11.9 Å². The molecule has 0 atom stereocenters. The van der Waals surface area contributed by atoms with Crippen LogP contribution >= 0.6 is 0 Å². The van der Waals surface area contributed by atoms with E-state index in [4.69, 9.17) is 4.74 Å². The highest BCUT2D eigenvalue weighted by Crippen LogP contribution is 2.32. The lowest BCUT2D eigenvalue weighted by Crippen LogP contribution is -2.11. The largest absolute Gasteiger partial charge is 0.497 e. The number of aromatic amines is 1. The Labute approximate surface area is 135 Å². The van der Waals surface area contributed by atoms with Crippen LogP contribution in [0.15, 0.2) is 48.5 Å². The Morgan fingerprint density at radius 2 is 1.79 bits per heavy atom. The number of hydrogen-bond acceptors (Lipinski definition) is 2. The van der Waals surface area contributed by atoms with Gasteiger partial charge in [-0.3, -0.25) is 4.79 Å². The van der Waals surface area contributed by atoms with Crippen LogP contribution in [-0.4, -0.2) is 18.0 Å². The first-order chi connectivity index (χ1) is 11.4. The quantitative estimate of drug-likeness (QED) is 0.744. The molecule has 0 saturated carbocycles. The molecule has 0 aliphatic rings. The van der Waals surface area contributed by atoms with Gasteiger partial charge in [-0.15, -0.1) is 0 Å². The Balaban J connectivity index is 1.82. The van der Waals surface area contributed by atoms with Gasteiger partial charge in [-0.1, -0.05) is 0 Å². The van der Waals surface area contributed by atoms with Crippen LogP contribution in [0.3, 0.4) is 0 Å². The maximum atomic E-state index is 12.7. The molecule has 7 heteroatoms. The summed E-state index contributed by atoms with van der Waals surface area (Å²) in [6, 6.07) is 12.0. The van der Waals surface area contributed by atoms with Crippen molar-refractivity contribution >= 4 is 22.5 Å². The van der Waals surface area contributed by atoms with E-state index in [0.717, 1.165) is 6.07 Å². The Hall–Kier alpha value is -2.96. The molecule has 1 aromatic heterocycles. The Morgan fingerprint density at radius 1 is 1.08 bits per heavy atom. The molecule has 2 aromatic carbocycles. The van der Waals surface area contributed by atoms with Crippen LogP contribution in [-0.2, 0) is 6.18 Å². The topological polar surface area (TPSA) is 54.1 Å². The fourth-order valence-corrected chi connectivity index (χ4v) is 2.31. The zero-order valence-electron chi connectivity index (χ0n) is 12.6. The molecule has 0 bridgehead atoms. The molecule has 124 valence electrons. The number of carbonyl (C=O) groups is 1. The summed E-state index contributed by atoms with van der Waals surface area (Å²) in [5, 5.41) is 3.03. The smallest absolute Gasteiger partial charge is 0.431 e. The molecule has 0 spiro atoms. The third kappa shape index (κ3) is 3.19. The zero-order chi connectivity index (χ0) is 17.3. The summed E-state index contributed by atoms with van der Waals surface area (Å²) in [6.45, 7) is 0. The van der Waals surface area contributed by atoms with E-state index in [1.165, 1.54) is 19.2 Å². The van der Waals surface area contributed by atoms with Crippen molar-refractivity contribution in [3.63, 3.8) is 0 Å². The molecule has 0 unspecified atom stereocenters. The minimum absolute atomic E-state index is 0.352. The molecule has 0 radical (unpaired) electrons. The standard InChI is InChI=1S/C17H13F3N2O2/c1-24-13-5-2-10(3-6-13)16(23)21-12-4-7-14-11(8-12)9-15(22-14)17(18,19)20/h2-9,22H,1H3,(H,21,23). The summed E-state index contributed by atoms with van der Waals surface area (Å²) in [5.74, 6) is 0.267. The number of carbonyl (C=O) groups excluding carboxylic acids is 1. The van der Waals surface area contributed by atoms with Crippen molar-refractivity contribution in [1.82, 2.24) is 4.98 Å². The lowest BCUT2D eigenvalue weighted by atomic mass is 10.2. The molecule has 1 heterocycles. The van der Waals surface area contributed by atoms with E-state index in [1.54, 1.807) is 30.3 Å². The van der Waals surface area contributed by atoms with Crippen LogP contribution < -0.4 is 10.1 Å². The average molecular weight is 334 g/mol. The van der Waals surface area contributed by atoms with Gasteiger partial charge in [-0.2, -0.15) is 13.2 Å². The Bertz CT molecular complexity index is 883. The minimum Gasteiger partial charge on any atom is -0.497 e. The summed E-state index contributed by atoms with van der Waals surface area (Å²) < 4.78 is 43.1. The molecule has 24 heavy (non-hydrogen) atoms. The van der Waals surface area contributed by atoms with Crippen molar-refractivity contribution in [3.05, 3.63) is 59.8 Å². The number of hydrogen-bond donors (Lipinski definition) is 2. The van der Waals surface area contributed by atoms with Gasteiger partial charge in [0.1, 0.15) is 11.4 Å². The molecule has 3 rings (SSSR count). The first-order valence-corrected chi connectivity index (χ1v) is 7.02. The molecule has 0 aliphatic carbocycles. The van der Waals surface area contributed by atoms with Gasteiger partial charge in [-0.25, -0.2) is 0 Å². The highest BCUT2D eigenvalue weighted by molar-refractivity contribution is 6.05. The number of benzene rings is 2. The normalized spacial score (nSPS) is 11.5. The number of amides is 1. The molecule has 0 saturated heterocycles. The second kappa shape index (κ2) is 5.92. The molecule has 3 aromatic rings. The highest BCUT2D eigenvalue weighted by atomic mass is 19.4. The molecule has 0 aliphatic heterocycles. The molecule has 4 nitrogen and oxygen atoms in total. The summed E-state index contributed by atoms with van der Waals surface area (Å²) in [7, 11) is 1.52. The number of rotatable bonds is 3. The van der Waals surface area contributed by atoms with Gasteiger partial charge in [0, 0.05) is 22.2 Å². The molecule has 1 amide bonds. The molecule has 0 fully saturated rings. The number of anilines is 1.